The average molecular weight is 378 g/mol. The lowest BCUT2D eigenvalue weighted by atomic mass is 10.0. The molecule has 1 amide bonds. The Bertz CT molecular complexity index is 1360. The fourth-order valence-electron chi connectivity index (χ4n) is 3.71. The van der Waals surface area contributed by atoms with Gasteiger partial charge in [0, 0.05) is 39.3 Å². The first-order chi connectivity index (χ1) is 14.2. The van der Waals surface area contributed by atoms with E-state index in [0.717, 1.165) is 44.3 Å². The van der Waals surface area contributed by atoms with Crippen LogP contribution in [-0.4, -0.2) is 20.9 Å². The zero-order valence-electron chi connectivity index (χ0n) is 15.8. The molecule has 5 nitrogen and oxygen atoms in total. The molecule has 0 spiro atoms. The van der Waals surface area contributed by atoms with Crippen LogP contribution in [0.25, 0.3) is 33.1 Å². The van der Waals surface area contributed by atoms with Crippen LogP contribution in [0.15, 0.2) is 79.3 Å². The quantitative estimate of drug-likeness (QED) is 0.445. The number of fused-ring (bicyclic) bond motifs is 2. The summed E-state index contributed by atoms with van der Waals surface area (Å²) in [7, 11) is 0. The summed E-state index contributed by atoms with van der Waals surface area (Å²) >= 11 is 0. The first-order valence-electron chi connectivity index (χ1n) is 9.39. The molecule has 0 saturated carbocycles. The molecule has 3 aromatic carbocycles. The van der Waals surface area contributed by atoms with Crippen molar-refractivity contribution < 1.29 is 4.79 Å². The molecular formula is C24H18N4O. The Morgan fingerprint density at radius 2 is 1.83 bits per heavy atom. The van der Waals surface area contributed by atoms with E-state index in [2.05, 4.69) is 20.3 Å². The highest BCUT2D eigenvalue weighted by Crippen LogP contribution is 2.28. The first-order valence-corrected chi connectivity index (χ1v) is 9.39. The van der Waals surface area contributed by atoms with Crippen molar-refractivity contribution in [1.82, 2.24) is 15.0 Å². The number of hydrogen-bond donors (Lipinski definition) is 2. The Morgan fingerprint density at radius 3 is 2.76 bits per heavy atom. The van der Waals surface area contributed by atoms with E-state index >= 15 is 0 Å². The van der Waals surface area contributed by atoms with Gasteiger partial charge in [0.1, 0.15) is 6.33 Å². The molecule has 2 aromatic heterocycles. The zero-order chi connectivity index (χ0) is 19.8. The van der Waals surface area contributed by atoms with Gasteiger partial charge in [0.05, 0.1) is 11.2 Å². The number of carbonyl (C=O) groups is 1. The topological polar surface area (TPSA) is 70.7 Å². The SMILES string of the molecule is Cc1c(C(=O)Nc2cccc(-c3ncnc4ccccc34)c2)ccc2[nH]ccc12. The zero-order valence-corrected chi connectivity index (χ0v) is 15.8. The maximum atomic E-state index is 12.9. The molecule has 140 valence electrons. The molecule has 0 atom stereocenters. The summed E-state index contributed by atoms with van der Waals surface area (Å²) in [6.45, 7) is 1.97. The van der Waals surface area contributed by atoms with Gasteiger partial charge in [0.25, 0.3) is 5.91 Å². The van der Waals surface area contributed by atoms with Crippen LogP contribution in [0.3, 0.4) is 0 Å². The van der Waals surface area contributed by atoms with Crippen molar-refractivity contribution in [2.45, 2.75) is 6.92 Å². The smallest absolute Gasteiger partial charge is 0.255 e. The van der Waals surface area contributed by atoms with E-state index in [4.69, 9.17) is 0 Å². The Hall–Kier alpha value is -3.99. The molecule has 0 fully saturated rings. The van der Waals surface area contributed by atoms with E-state index in [9.17, 15) is 4.79 Å². The van der Waals surface area contributed by atoms with Gasteiger partial charge in [-0.15, -0.1) is 0 Å². The van der Waals surface area contributed by atoms with E-state index in [1.54, 1.807) is 6.33 Å². The number of amides is 1. The van der Waals surface area contributed by atoms with Crippen molar-refractivity contribution in [3.05, 3.63) is 90.4 Å². The number of aryl methyl sites for hydroxylation is 1. The van der Waals surface area contributed by atoms with Crippen molar-refractivity contribution >= 4 is 33.4 Å². The van der Waals surface area contributed by atoms with Gasteiger partial charge in [-0.05, 0) is 48.9 Å². The minimum atomic E-state index is -0.129. The number of aromatic nitrogens is 3. The van der Waals surface area contributed by atoms with Crippen LogP contribution in [0, 0.1) is 6.92 Å². The molecule has 0 aliphatic carbocycles. The first kappa shape index (κ1) is 17.1. The molecule has 0 unspecified atom stereocenters. The summed E-state index contributed by atoms with van der Waals surface area (Å²) in [6, 6.07) is 21.4. The van der Waals surface area contributed by atoms with Gasteiger partial charge in [-0.3, -0.25) is 4.79 Å². The fraction of sp³-hybridized carbons (Fsp3) is 0.0417. The third kappa shape index (κ3) is 3.02. The highest BCUT2D eigenvalue weighted by Gasteiger charge is 2.13. The molecule has 29 heavy (non-hydrogen) atoms. The summed E-state index contributed by atoms with van der Waals surface area (Å²) in [5.41, 5.74) is 6.04. The van der Waals surface area contributed by atoms with Crippen LogP contribution in [0.1, 0.15) is 15.9 Å². The van der Waals surface area contributed by atoms with E-state index in [1.165, 1.54) is 0 Å². The molecule has 5 rings (SSSR count). The lowest BCUT2D eigenvalue weighted by Gasteiger charge is -2.11. The normalized spacial score (nSPS) is 11.1. The van der Waals surface area contributed by atoms with Crippen LogP contribution < -0.4 is 5.32 Å². The number of nitrogens with one attached hydrogen (secondary N) is 2. The molecule has 5 aromatic rings. The molecule has 0 aliphatic rings. The van der Waals surface area contributed by atoms with Crippen molar-refractivity contribution in [3.8, 4) is 11.3 Å². The molecule has 0 bridgehead atoms. The Kier molecular flexibility index (Phi) is 4.06. The number of anilines is 1. The van der Waals surface area contributed by atoms with Crippen molar-refractivity contribution in [2.75, 3.05) is 5.32 Å². The second-order valence-corrected chi connectivity index (χ2v) is 6.95. The lowest BCUT2D eigenvalue weighted by molar-refractivity contribution is 0.102. The number of hydrogen-bond acceptors (Lipinski definition) is 3. The van der Waals surface area contributed by atoms with Crippen molar-refractivity contribution in [1.29, 1.82) is 0 Å². The molecule has 0 radical (unpaired) electrons. The van der Waals surface area contributed by atoms with Crippen LogP contribution in [0.2, 0.25) is 0 Å². The van der Waals surface area contributed by atoms with Gasteiger partial charge in [-0.2, -0.15) is 0 Å². The number of aromatic amines is 1. The second-order valence-electron chi connectivity index (χ2n) is 6.95. The lowest BCUT2D eigenvalue weighted by Crippen LogP contribution is -2.13. The summed E-state index contributed by atoms with van der Waals surface area (Å²) in [6.07, 6.45) is 3.45. The molecule has 2 heterocycles. The average Bonchev–Trinajstić information content (AvgIpc) is 3.23. The summed E-state index contributed by atoms with van der Waals surface area (Å²) in [5.74, 6) is -0.129. The van der Waals surface area contributed by atoms with Crippen molar-refractivity contribution in [2.24, 2.45) is 0 Å². The fourth-order valence-corrected chi connectivity index (χ4v) is 3.71. The van der Waals surface area contributed by atoms with Gasteiger partial charge in [-0.1, -0.05) is 30.3 Å². The second kappa shape index (κ2) is 6.87. The van der Waals surface area contributed by atoms with Crippen LogP contribution in [0.4, 0.5) is 5.69 Å². The maximum absolute atomic E-state index is 12.9. The summed E-state index contributed by atoms with van der Waals surface area (Å²) < 4.78 is 0. The Morgan fingerprint density at radius 1 is 0.931 bits per heavy atom. The van der Waals surface area contributed by atoms with Gasteiger partial charge in [-0.25, -0.2) is 9.97 Å². The Labute approximate surface area is 167 Å². The van der Waals surface area contributed by atoms with Crippen molar-refractivity contribution in [3.63, 3.8) is 0 Å². The summed E-state index contributed by atoms with van der Waals surface area (Å²) in [5, 5.41) is 5.06. The van der Waals surface area contributed by atoms with E-state index in [0.29, 0.717) is 5.56 Å². The number of H-pyrrole nitrogens is 1. The molecule has 0 aliphatic heterocycles. The number of carbonyl (C=O) groups excluding carboxylic acids is 1. The monoisotopic (exact) mass is 378 g/mol. The van der Waals surface area contributed by atoms with E-state index in [1.807, 2.05) is 79.9 Å². The molecule has 2 N–H and O–H groups in total. The molecule has 5 heteroatoms. The molecule has 0 saturated heterocycles. The molecular weight excluding hydrogens is 360 g/mol. The highest BCUT2D eigenvalue weighted by atomic mass is 16.1. The minimum Gasteiger partial charge on any atom is -0.361 e. The predicted molar refractivity (Wildman–Crippen MR) is 116 cm³/mol. The standard InChI is InChI=1S/C24H18N4O/c1-15-18-11-12-25-22(18)10-9-19(15)24(29)28-17-6-4-5-16(13-17)23-20-7-2-3-8-21(20)26-14-27-23/h2-14,25H,1H3,(H,28,29). The van der Waals surface area contributed by atoms with Gasteiger partial charge in [0.15, 0.2) is 0 Å². The van der Waals surface area contributed by atoms with Crippen LogP contribution in [-0.2, 0) is 0 Å². The maximum Gasteiger partial charge on any atom is 0.255 e. The third-order valence-corrected chi connectivity index (χ3v) is 5.19. The Balaban J connectivity index is 1.49. The largest absolute Gasteiger partial charge is 0.361 e. The number of nitrogens with zero attached hydrogens (tertiary/aromatic N) is 2. The minimum absolute atomic E-state index is 0.129. The van der Waals surface area contributed by atoms with Crippen LogP contribution >= 0.6 is 0 Å². The van der Waals surface area contributed by atoms with E-state index < -0.39 is 0 Å². The van der Waals surface area contributed by atoms with Crippen LogP contribution in [0.5, 0.6) is 0 Å². The van der Waals surface area contributed by atoms with Gasteiger partial charge >= 0.3 is 0 Å². The number of rotatable bonds is 3. The van der Waals surface area contributed by atoms with E-state index in [-0.39, 0.29) is 5.91 Å². The number of benzene rings is 3. The third-order valence-electron chi connectivity index (χ3n) is 5.19. The highest BCUT2D eigenvalue weighted by molar-refractivity contribution is 6.08. The number of para-hydroxylation sites is 1. The van der Waals surface area contributed by atoms with Gasteiger partial charge in [0.2, 0.25) is 0 Å². The predicted octanol–water partition coefficient (Wildman–Crippen LogP) is 5.34. The van der Waals surface area contributed by atoms with Gasteiger partial charge < -0.3 is 10.3 Å². The summed E-state index contributed by atoms with van der Waals surface area (Å²) in [4.78, 5) is 24.9.